The largest absolute Gasteiger partial charge is 0.381 e. The maximum absolute atomic E-state index is 11.2. The van der Waals surface area contributed by atoms with E-state index in [4.69, 9.17) is 16.7 Å². The summed E-state index contributed by atoms with van der Waals surface area (Å²) in [6, 6.07) is 0. The van der Waals surface area contributed by atoms with Gasteiger partial charge in [0.2, 0.25) is 0 Å². The highest BCUT2D eigenvalue weighted by Gasteiger charge is 2.26. The monoisotopic (exact) mass is 184 g/mol. The van der Waals surface area contributed by atoms with Gasteiger partial charge in [-0.1, -0.05) is 6.58 Å². The molecule has 0 radical (unpaired) electrons. The van der Waals surface area contributed by atoms with Crippen LogP contribution < -0.4 is 0 Å². The molecule has 0 amide bonds. The molecular formula is C5H10ClO3P. The third-order valence-corrected chi connectivity index (χ3v) is 3.69. The minimum atomic E-state index is -3.08. The standard InChI is InChI=1S/C5H10ClO3P/c1-3-10(8,9-2)5(7)4-6/h3,5,7H,1,4H2,2H3. The van der Waals surface area contributed by atoms with E-state index < -0.39 is 13.2 Å². The van der Waals surface area contributed by atoms with Gasteiger partial charge in [0.1, 0.15) is 5.85 Å². The van der Waals surface area contributed by atoms with Gasteiger partial charge in [-0.3, -0.25) is 4.57 Å². The van der Waals surface area contributed by atoms with Crippen molar-refractivity contribution in [3.05, 3.63) is 12.4 Å². The quantitative estimate of drug-likeness (QED) is 0.533. The van der Waals surface area contributed by atoms with Crippen molar-refractivity contribution in [1.29, 1.82) is 0 Å². The molecule has 10 heavy (non-hydrogen) atoms. The van der Waals surface area contributed by atoms with E-state index in [2.05, 4.69) is 11.1 Å². The SMILES string of the molecule is C=CP(=O)(OC)C(O)CCl. The highest BCUT2D eigenvalue weighted by atomic mass is 35.5. The molecule has 0 rings (SSSR count). The first kappa shape index (κ1) is 10.2. The molecule has 0 aliphatic rings. The second-order valence-electron chi connectivity index (χ2n) is 1.65. The third-order valence-electron chi connectivity index (χ3n) is 1.09. The first-order valence-electron chi connectivity index (χ1n) is 2.63. The average Bonchev–Trinajstić information content (AvgIpc) is 2.01. The lowest BCUT2D eigenvalue weighted by atomic mass is 10.9. The Morgan fingerprint density at radius 2 is 2.50 bits per heavy atom. The molecule has 0 aromatic heterocycles. The van der Waals surface area contributed by atoms with Crippen molar-refractivity contribution >= 4 is 19.0 Å². The number of alkyl halides is 1. The van der Waals surface area contributed by atoms with Gasteiger partial charge in [0.05, 0.1) is 5.88 Å². The molecule has 2 atom stereocenters. The van der Waals surface area contributed by atoms with E-state index in [0.717, 1.165) is 5.82 Å². The second kappa shape index (κ2) is 4.14. The van der Waals surface area contributed by atoms with Gasteiger partial charge in [-0.2, -0.15) is 0 Å². The van der Waals surface area contributed by atoms with Gasteiger partial charge in [-0.15, -0.1) is 11.6 Å². The molecule has 3 nitrogen and oxygen atoms in total. The van der Waals surface area contributed by atoms with E-state index in [-0.39, 0.29) is 5.88 Å². The fourth-order valence-electron chi connectivity index (χ4n) is 0.414. The zero-order valence-corrected chi connectivity index (χ0v) is 7.31. The minimum absolute atomic E-state index is 0.114. The van der Waals surface area contributed by atoms with E-state index in [9.17, 15) is 4.57 Å². The van der Waals surface area contributed by atoms with Crippen LogP contribution in [-0.4, -0.2) is 23.9 Å². The summed E-state index contributed by atoms with van der Waals surface area (Å²) in [6.45, 7) is 3.27. The highest BCUT2D eigenvalue weighted by Crippen LogP contribution is 2.51. The van der Waals surface area contributed by atoms with Crippen molar-refractivity contribution in [2.24, 2.45) is 0 Å². The van der Waals surface area contributed by atoms with E-state index in [0.29, 0.717) is 0 Å². The summed E-state index contributed by atoms with van der Waals surface area (Å²) in [5.74, 6) is -0.159. The van der Waals surface area contributed by atoms with E-state index in [1.165, 1.54) is 7.11 Å². The number of aliphatic hydroxyl groups is 1. The van der Waals surface area contributed by atoms with Crippen molar-refractivity contribution in [3.8, 4) is 0 Å². The van der Waals surface area contributed by atoms with Crippen LogP contribution in [0.4, 0.5) is 0 Å². The third kappa shape index (κ3) is 2.10. The fourth-order valence-corrected chi connectivity index (χ4v) is 1.82. The van der Waals surface area contributed by atoms with Crippen LogP contribution in [0.15, 0.2) is 12.4 Å². The number of aliphatic hydroxyl groups excluding tert-OH is 1. The molecular weight excluding hydrogens is 174 g/mol. The Hall–Kier alpha value is 0.180. The Labute approximate surface area is 65.1 Å². The molecule has 0 aromatic rings. The Morgan fingerprint density at radius 1 is 2.00 bits per heavy atom. The van der Waals surface area contributed by atoms with Crippen LogP contribution in [0.3, 0.4) is 0 Å². The smallest absolute Gasteiger partial charge is 0.253 e. The minimum Gasteiger partial charge on any atom is -0.381 e. The molecule has 0 aliphatic carbocycles. The predicted octanol–water partition coefficient (Wildman–Crippen LogP) is 1.61. The normalized spacial score (nSPS) is 19.5. The van der Waals surface area contributed by atoms with Crippen LogP contribution in [-0.2, 0) is 9.09 Å². The highest BCUT2D eigenvalue weighted by molar-refractivity contribution is 7.62. The number of halogens is 1. The van der Waals surface area contributed by atoms with Gasteiger partial charge >= 0.3 is 0 Å². The second-order valence-corrected chi connectivity index (χ2v) is 4.57. The lowest BCUT2D eigenvalue weighted by molar-refractivity contribution is 0.243. The van der Waals surface area contributed by atoms with Crippen LogP contribution in [0.1, 0.15) is 0 Å². The number of hydrogen-bond acceptors (Lipinski definition) is 3. The lowest BCUT2D eigenvalue weighted by Gasteiger charge is -2.15. The molecule has 0 saturated heterocycles. The Morgan fingerprint density at radius 3 is 2.60 bits per heavy atom. The molecule has 0 fully saturated rings. The summed E-state index contributed by atoms with van der Waals surface area (Å²) in [5, 5.41) is 8.99. The lowest BCUT2D eigenvalue weighted by Crippen LogP contribution is -2.08. The molecule has 1 N–H and O–H groups in total. The van der Waals surface area contributed by atoms with Crippen LogP contribution >= 0.6 is 19.0 Å². The van der Waals surface area contributed by atoms with E-state index >= 15 is 0 Å². The Bertz CT molecular complexity index is 159. The van der Waals surface area contributed by atoms with Gasteiger partial charge < -0.3 is 9.63 Å². The molecule has 0 bridgehead atoms. The van der Waals surface area contributed by atoms with Gasteiger partial charge in [0.25, 0.3) is 7.37 Å². The first-order chi connectivity index (χ1) is 4.60. The molecule has 60 valence electrons. The summed E-state index contributed by atoms with van der Waals surface area (Å²) in [4.78, 5) is 0. The Kier molecular flexibility index (Phi) is 4.22. The van der Waals surface area contributed by atoms with Crippen LogP contribution in [0, 0.1) is 0 Å². The molecule has 2 unspecified atom stereocenters. The fraction of sp³-hybridized carbons (Fsp3) is 0.600. The van der Waals surface area contributed by atoms with Gasteiger partial charge in [-0.25, -0.2) is 0 Å². The molecule has 0 heterocycles. The van der Waals surface area contributed by atoms with Crippen LogP contribution in [0.25, 0.3) is 0 Å². The van der Waals surface area contributed by atoms with Crippen molar-refractivity contribution < 1.29 is 14.2 Å². The molecule has 5 heteroatoms. The molecule has 0 saturated carbocycles. The first-order valence-corrected chi connectivity index (χ1v) is 4.93. The van der Waals surface area contributed by atoms with Gasteiger partial charge in [-0.05, 0) is 5.82 Å². The molecule has 0 aliphatic heterocycles. The number of rotatable bonds is 4. The maximum Gasteiger partial charge on any atom is 0.253 e. The summed E-state index contributed by atoms with van der Waals surface area (Å²) in [5.41, 5.74) is 0. The van der Waals surface area contributed by atoms with Gasteiger partial charge in [0, 0.05) is 7.11 Å². The zero-order valence-electron chi connectivity index (χ0n) is 5.66. The van der Waals surface area contributed by atoms with Crippen molar-refractivity contribution in [2.75, 3.05) is 13.0 Å². The topological polar surface area (TPSA) is 46.5 Å². The molecule has 0 spiro atoms. The summed E-state index contributed by atoms with van der Waals surface area (Å²) >= 11 is 5.24. The van der Waals surface area contributed by atoms with Crippen molar-refractivity contribution in [2.45, 2.75) is 5.85 Å². The molecule has 0 aromatic carbocycles. The van der Waals surface area contributed by atoms with Crippen molar-refractivity contribution in [3.63, 3.8) is 0 Å². The summed E-state index contributed by atoms with van der Waals surface area (Å²) in [7, 11) is -1.84. The maximum atomic E-state index is 11.2. The average molecular weight is 185 g/mol. The Balaban J connectivity index is 4.32. The van der Waals surface area contributed by atoms with Crippen molar-refractivity contribution in [1.82, 2.24) is 0 Å². The van der Waals surface area contributed by atoms with Gasteiger partial charge in [0.15, 0.2) is 0 Å². The van der Waals surface area contributed by atoms with E-state index in [1.54, 1.807) is 0 Å². The van der Waals surface area contributed by atoms with E-state index in [1.807, 2.05) is 0 Å². The predicted molar refractivity (Wildman–Crippen MR) is 41.5 cm³/mol. The van der Waals surface area contributed by atoms with Crippen LogP contribution in [0.5, 0.6) is 0 Å². The zero-order chi connectivity index (χ0) is 8.20. The number of hydrogen-bond donors (Lipinski definition) is 1. The summed E-state index contributed by atoms with van der Waals surface area (Å²) < 4.78 is 15.7. The summed E-state index contributed by atoms with van der Waals surface area (Å²) in [6.07, 6.45) is 0. The van der Waals surface area contributed by atoms with Crippen LogP contribution in [0.2, 0.25) is 0 Å².